The Kier molecular flexibility index (Phi) is 2.12. The van der Waals surface area contributed by atoms with Crippen LogP contribution in [0.15, 0.2) is 21.7 Å². The molecule has 13 heavy (non-hydrogen) atoms. The number of aliphatic imine (C=N–C) groups is 1. The third kappa shape index (κ3) is 1.47. The largest absolute Gasteiger partial charge is 0.472 e. The van der Waals surface area contributed by atoms with Crippen LogP contribution in [0.1, 0.15) is 11.3 Å². The fraction of sp³-hybridized carbons (Fsp3) is 0.333. The summed E-state index contributed by atoms with van der Waals surface area (Å²) in [6.07, 6.45) is 3.68. The minimum absolute atomic E-state index is 0.267. The monoisotopic (exact) mass is 178 g/mol. The van der Waals surface area contributed by atoms with E-state index in [1.54, 1.807) is 6.26 Å². The zero-order chi connectivity index (χ0) is 9.10. The predicted octanol–water partition coefficient (Wildman–Crippen LogP) is 1.25. The molecule has 1 aromatic rings. The SMILES string of the molecule is N=CCOC1=NCCc2occc21. The van der Waals surface area contributed by atoms with Crippen molar-refractivity contribution in [3.8, 4) is 0 Å². The van der Waals surface area contributed by atoms with E-state index in [0.717, 1.165) is 17.7 Å². The van der Waals surface area contributed by atoms with Gasteiger partial charge in [0.15, 0.2) is 0 Å². The van der Waals surface area contributed by atoms with E-state index >= 15 is 0 Å². The van der Waals surface area contributed by atoms with Crippen LogP contribution in [0.4, 0.5) is 0 Å². The number of nitrogens with one attached hydrogen (secondary N) is 1. The van der Waals surface area contributed by atoms with Gasteiger partial charge in [0.05, 0.1) is 11.8 Å². The van der Waals surface area contributed by atoms with Crippen molar-refractivity contribution < 1.29 is 9.15 Å². The van der Waals surface area contributed by atoms with Crippen LogP contribution >= 0.6 is 0 Å². The highest BCUT2D eigenvalue weighted by molar-refractivity contribution is 5.96. The van der Waals surface area contributed by atoms with Crippen LogP contribution < -0.4 is 0 Å². The van der Waals surface area contributed by atoms with Gasteiger partial charge in [-0.3, -0.25) is 4.99 Å². The summed E-state index contributed by atoms with van der Waals surface area (Å²) in [5.41, 5.74) is 0.924. The van der Waals surface area contributed by atoms with Gasteiger partial charge in [0, 0.05) is 19.2 Å². The van der Waals surface area contributed by atoms with Crippen molar-refractivity contribution >= 4 is 12.1 Å². The average molecular weight is 178 g/mol. The second-order valence-electron chi connectivity index (χ2n) is 2.71. The quantitative estimate of drug-likeness (QED) is 0.693. The Bertz CT molecular complexity index is 341. The van der Waals surface area contributed by atoms with Crippen molar-refractivity contribution in [1.82, 2.24) is 0 Å². The van der Waals surface area contributed by atoms with Crippen LogP contribution in [0.3, 0.4) is 0 Å². The van der Waals surface area contributed by atoms with Gasteiger partial charge >= 0.3 is 0 Å². The molecule has 0 aromatic carbocycles. The second kappa shape index (κ2) is 3.43. The van der Waals surface area contributed by atoms with Gasteiger partial charge in [-0.05, 0) is 6.07 Å². The molecule has 0 saturated carbocycles. The average Bonchev–Trinajstić information content (AvgIpc) is 2.62. The molecule has 0 amide bonds. The molecule has 0 bridgehead atoms. The molecule has 1 aliphatic rings. The Balaban J connectivity index is 2.20. The Morgan fingerprint density at radius 2 is 2.62 bits per heavy atom. The number of rotatable bonds is 2. The molecule has 0 fully saturated rings. The lowest BCUT2D eigenvalue weighted by atomic mass is 10.1. The van der Waals surface area contributed by atoms with Gasteiger partial charge in [0.25, 0.3) is 0 Å². The molecule has 2 rings (SSSR count). The summed E-state index contributed by atoms with van der Waals surface area (Å²) >= 11 is 0. The van der Waals surface area contributed by atoms with E-state index in [0.29, 0.717) is 12.4 Å². The molecule has 1 N–H and O–H groups in total. The summed E-state index contributed by atoms with van der Waals surface area (Å²) in [6, 6.07) is 1.84. The van der Waals surface area contributed by atoms with Gasteiger partial charge in [-0.15, -0.1) is 0 Å². The molecule has 0 radical (unpaired) electrons. The van der Waals surface area contributed by atoms with Crippen LogP contribution in [0.5, 0.6) is 0 Å². The molecule has 0 saturated heterocycles. The minimum Gasteiger partial charge on any atom is -0.472 e. The first-order valence-corrected chi connectivity index (χ1v) is 4.14. The summed E-state index contributed by atoms with van der Waals surface area (Å²) in [7, 11) is 0. The fourth-order valence-corrected chi connectivity index (χ4v) is 1.31. The molecule has 1 aromatic heterocycles. The number of ether oxygens (including phenoxy) is 1. The first-order valence-electron chi connectivity index (χ1n) is 4.14. The molecule has 4 nitrogen and oxygen atoms in total. The number of hydrogen-bond acceptors (Lipinski definition) is 4. The number of furan rings is 1. The van der Waals surface area contributed by atoms with E-state index in [1.807, 2.05) is 6.07 Å². The third-order valence-electron chi connectivity index (χ3n) is 1.87. The van der Waals surface area contributed by atoms with Crippen molar-refractivity contribution in [2.75, 3.05) is 13.2 Å². The number of nitrogens with zero attached hydrogens (tertiary/aromatic N) is 1. The van der Waals surface area contributed by atoms with Gasteiger partial charge in [-0.1, -0.05) is 0 Å². The maximum Gasteiger partial charge on any atom is 0.220 e. The zero-order valence-electron chi connectivity index (χ0n) is 7.12. The highest BCUT2D eigenvalue weighted by Gasteiger charge is 2.17. The zero-order valence-corrected chi connectivity index (χ0v) is 7.12. The lowest BCUT2D eigenvalue weighted by Gasteiger charge is -2.11. The van der Waals surface area contributed by atoms with Crippen molar-refractivity contribution in [3.63, 3.8) is 0 Å². The Morgan fingerprint density at radius 3 is 3.46 bits per heavy atom. The van der Waals surface area contributed by atoms with Crippen molar-refractivity contribution in [2.45, 2.75) is 6.42 Å². The smallest absolute Gasteiger partial charge is 0.220 e. The van der Waals surface area contributed by atoms with E-state index in [-0.39, 0.29) is 6.61 Å². The maximum atomic E-state index is 6.84. The van der Waals surface area contributed by atoms with E-state index < -0.39 is 0 Å². The van der Waals surface area contributed by atoms with Gasteiger partial charge in [0.2, 0.25) is 5.90 Å². The lowest BCUT2D eigenvalue weighted by molar-refractivity contribution is 0.362. The van der Waals surface area contributed by atoms with Crippen LogP contribution in [-0.2, 0) is 11.2 Å². The van der Waals surface area contributed by atoms with Crippen LogP contribution in [0, 0.1) is 5.41 Å². The molecule has 0 aliphatic carbocycles. The van der Waals surface area contributed by atoms with Crippen molar-refractivity contribution in [2.24, 2.45) is 4.99 Å². The first kappa shape index (κ1) is 8.04. The van der Waals surface area contributed by atoms with Gasteiger partial charge < -0.3 is 14.6 Å². The Morgan fingerprint density at radius 1 is 1.69 bits per heavy atom. The Labute approximate surface area is 75.7 Å². The van der Waals surface area contributed by atoms with Crippen LogP contribution in [-0.4, -0.2) is 25.3 Å². The third-order valence-corrected chi connectivity index (χ3v) is 1.87. The molecule has 4 heteroatoms. The molecule has 1 aliphatic heterocycles. The molecular weight excluding hydrogens is 168 g/mol. The molecule has 0 atom stereocenters. The number of fused-ring (bicyclic) bond motifs is 1. The fourth-order valence-electron chi connectivity index (χ4n) is 1.31. The highest BCUT2D eigenvalue weighted by Crippen LogP contribution is 2.17. The van der Waals surface area contributed by atoms with Gasteiger partial charge in [0.1, 0.15) is 12.4 Å². The lowest BCUT2D eigenvalue weighted by Crippen LogP contribution is -2.15. The molecule has 0 spiro atoms. The minimum atomic E-state index is 0.267. The van der Waals surface area contributed by atoms with Crippen molar-refractivity contribution in [1.29, 1.82) is 5.41 Å². The topological polar surface area (TPSA) is 58.6 Å². The van der Waals surface area contributed by atoms with E-state index in [2.05, 4.69) is 4.99 Å². The number of hydrogen-bond donors (Lipinski definition) is 1. The standard InChI is InChI=1S/C9H10N2O2/c10-3-6-13-9-7-2-5-12-8(7)1-4-11-9/h2-3,5,10H,1,4,6H2. The van der Waals surface area contributed by atoms with E-state index in [4.69, 9.17) is 14.6 Å². The summed E-state index contributed by atoms with van der Waals surface area (Å²) < 4.78 is 10.5. The van der Waals surface area contributed by atoms with Gasteiger partial charge in [-0.2, -0.15) is 0 Å². The molecule has 2 heterocycles. The molecule has 0 unspecified atom stereocenters. The summed E-state index contributed by atoms with van der Waals surface area (Å²) in [4.78, 5) is 4.21. The summed E-state index contributed by atoms with van der Waals surface area (Å²) in [5.74, 6) is 1.52. The van der Waals surface area contributed by atoms with E-state index in [9.17, 15) is 0 Å². The van der Waals surface area contributed by atoms with Crippen LogP contribution in [0.2, 0.25) is 0 Å². The van der Waals surface area contributed by atoms with Gasteiger partial charge in [-0.25, -0.2) is 0 Å². The van der Waals surface area contributed by atoms with Crippen LogP contribution in [0.25, 0.3) is 0 Å². The van der Waals surface area contributed by atoms with Crippen molar-refractivity contribution in [3.05, 3.63) is 23.7 Å². The maximum absolute atomic E-state index is 6.84. The summed E-state index contributed by atoms with van der Waals surface area (Å²) in [6.45, 7) is 0.970. The molecule has 68 valence electrons. The first-order chi connectivity index (χ1) is 6.42. The normalized spacial score (nSPS) is 14.6. The Hall–Kier alpha value is -1.58. The summed E-state index contributed by atoms with van der Waals surface area (Å²) in [5, 5.41) is 6.84. The van der Waals surface area contributed by atoms with E-state index in [1.165, 1.54) is 6.21 Å². The predicted molar refractivity (Wildman–Crippen MR) is 48.6 cm³/mol. The second-order valence-corrected chi connectivity index (χ2v) is 2.71. The highest BCUT2D eigenvalue weighted by atomic mass is 16.5. The molecular formula is C9H10N2O2.